The van der Waals surface area contributed by atoms with E-state index < -0.39 is 5.91 Å². The van der Waals surface area contributed by atoms with Crippen molar-refractivity contribution in [2.24, 2.45) is 11.7 Å². The number of nitrogens with two attached hydrogens (primary N) is 1. The number of fused-ring (bicyclic) bond motifs is 1. The van der Waals surface area contributed by atoms with Gasteiger partial charge >= 0.3 is 0 Å². The Bertz CT molecular complexity index is 1060. The zero-order valence-corrected chi connectivity index (χ0v) is 18.6. The first-order valence-electron chi connectivity index (χ1n) is 11.3. The number of rotatable bonds is 9. The van der Waals surface area contributed by atoms with Crippen LogP contribution < -0.4 is 5.73 Å². The van der Waals surface area contributed by atoms with Crippen molar-refractivity contribution in [1.29, 1.82) is 0 Å². The maximum absolute atomic E-state index is 13.1. The minimum absolute atomic E-state index is 0.187. The van der Waals surface area contributed by atoms with Crippen LogP contribution in [-0.2, 0) is 24.1 Å². The van der Waals surface area contributed by atoms with Gasteiger partial charge in [-0.3, -0.25) is 9.48 Å². The lowest BCUT2D eigenvalue weighted by atomic mass is 9.88. The standard InChI is InChI=1S/C25H31FN4O2/c1-32-16-15-30-24(25(27)31)23-20(3-2-4-22(23)28-30)17-19-10-13-29(14-11-19)12-9-18-5-7-21(26)8-6-18/h2-8,19H,9-17H2,1H3,(H2,27,31). The molecule has 7 heteroatoms. The summed E-state index contributed by atoms with van der Waals surface area (Å²) in [6, 6.07) is 12.8. The van der Waals surface area contributed by atoms with Crippen LogP contribution >= 0.6 is 0 Å². The van der Waals surface area contributed by atoms with Gasteiger partial charge in [0.25, 0.3) is 5.91 Å². The highest BCUT2D eigenvalue weighted by Gasteiger charge is 2.23. The number of primary amides is 1. The lowest BCUT2D eigenvalue weighted by Gasteiger charge is -2.32. The number of halogens is 1. The summed E-state index contributed by atoms with van der Waals surface area (Å²) in [6.07, 6.45) is 4.08. The molecular formula is C25H31FN4O2. The molecule has 6 nitrogen and oxygen atoms in total. The zero-order chi connectivity index (χ0) is 22.5. The highest BCUT2D eigenvalue weighted by atomic mass is 19.1. The molecule has 170 valence electrons. The number of nitrogens with zero attached hydrogens (tertiary/aromatic N) is 3. The molecule has 1 aliphatic heterocycles. The third-order valence-corrected chi connectivity index (χ3v) is 6.44. The molecule has 1 aromatic heterocycles. The van der Waals surface area contributed by atoms with Gasteiger partial charge in [0.15, 0.2) is 0 Å². The van der Waals surface area contributed by atoms with Gasteiger partial charge in [0.2, 0.25) is 0 Å². The molecule has 0 spiro atoms. The quantitative estimate of drug-likeness (QED) is 0.556. The number of amides is 1. The summed E-state index contributed by atoms with van der Waals surface area (Å²) in [6.45, 7) is 4.07. The summed E-state index contributed by atoms with van der Waals surface area (Å²) in [4.78, 5) is 14.7. The van der Waals surface area contributed by atoms with Crippen molar-refractivity contribution in [1.82, 2.24) is 14.7 Å². The Balaban J connectivity index is 1.40. The van der Waals surface area contributed by atoms with Crippen molar-refractivity contribution in [3.8, 4) is 0 Å². The van der Waals surface area contributed by atoms with E-state index in [0.29, 0.717) is 24.8 Å². The predicted molar refractivity (Wildman–Crippen MR) is 123 cm³/mol. The van der Waals surface area contributed by atoms with Crippen LogP contribution in [0.25, 0.3) is 10.9 Å². The van der Waals surface area contributed by atoms with E-state index in [4.69, 9.17) is 10.5 Å². The summed E-state index contributed by atoms with van der Waals surface area (Å²) in [5.41, 5.74) is 9.34. The number of aromatic nitrogens is 2. The fourth-order valence-corrected chi connectivity index (χ4v) is 4.68. The first kappa shape index (κ1) is 22.4. The maximum atomic E-state index is 13.1. The third kappa shape index (κ3) is 5.16. The Labute approximate surface area is 188 Å². The Hall–Kier alpha value is -2.77. The molecule has 1 fully saturated rings. The summed E-state index contributed by atoms with van der Waals surface area (Å²) in [5, 5.41) is 5.48. The number of likely N-dealkylation sites (tertiary alicyclic amines) is 1. The maximum Gasteiger partial charge on any atom is 0.267 e. The molecule has 0 radical (unpaired) electrons. The lowest BCUT2D eigenvalue weighted by molar-refractivity contribution is 0.0988. The van der Waals surface area contributed by atoms with Crippen LogP contribution in [0.15, 0.2) is 42.5 Å². The van der Waals surface area contributed by atoms with E-state index >= 15 is 0 Å². The Kier molecular flexibility index (Phi) is 7.17. The van der Waals surface area contributed by atoms with E-state index in [1.807, 2.05) is 24.3 Å². The molecule has 1 saturated heterocycles. The second kappa shape index (κ2) is 10.2. The average Bonchev–Trinajstić information content (AvgIpc) is 3.18. The number of methoxy groups -OCH3 is 1. The van der Waals surface area contributed by atoms with Crippen molar-refractivity contribution in [2.45, 2.75) is 32.2 Å². The van der Waals surface area contributed by atoms with Crippen LogP contribution in [0.4, 0.5) is 4.39 Å². The molecule has 0 aliphatic carbocycles. The normalized spacial score (nSPS) is 15.4. The van der Waals surface area contributed by atoms with Crippen molar-refractivity contribution in [2.75, 3.05) is 33.4 Å². The van der Waals surface area contributed by atoms with Crippen LogP contribution in [0.2, 0.25) is 0 Å². The molecule has 0 atom stereocenters. The Morgan fingerprint density at radius 3 is 2.59 bits per heavy atom. The average molecular weight is 439 g/mol. The summed E-state index contributed by atoms with van der Waals surface area (Å²) in [5.74, 6) is -0.0781. The first-order chi connectivity index (χ1) is 15.5. The number of carbonyl (C=O) groups excluding carboxylic acids is 1. The summed E-state index contributed by atoms with van der Waals surface area (Å²) >= 11 is 0. The molecule has 2 aromatic carbocycles. The SMILES string of the molecule is COCCn1nc2cccc(CC3CCN(CCc4ccc(F)cc4)CC3)c2c1C(N)=O. The minimum atomic E-state index is -0.452. The lowest BCUT2D eigenvalue weighted by Crippen LogP contribution is -2.35. The highest BCUT2D eigenvalue weighted by molar-refractivity contribution is 6.05. The predicted octanol–water partition coefficient (Wildman–Crippen LogP) is 3.42. The first-order valence-corrected chi connectivity index (χ1v) is 11.3. The number of benzene rings is 2. The molecule has 2 N–H and O–H groups in total. The zero-order valence-electron chi connectivity index (χ0n) is 18.6. The molecule has 2 heterocycles. The second-order valence-corrected chi connectivity index (χ2v) is 8.61. The minimum Gasteiger partial charge on any atom is -0.383 e. The molecule has 0 saturated carbocycles. The Morgan fingerprint density at radius 2 is 1.91 bits per heavy atom. The van der Waals surface area contributed by atoms with Gasteiger partial charge in [0.05, 0.1) is 18.7 Å². The fraction of sp³-hybridized carbons (Fsp3) is 0.440. The molecule has 1 aliphatic rings. The molecule has 1 amide bonds. The molecule has 3 aromatic rings. The highest BCUT2D eigenvalue weighted by Crippen LogP contribution is 2.28. The molecule has 0 unspecified atom stereocenters. The molecular weight excluding hydrogens is 407 g/mol. The van der Waals surface area contributed by atoms with Crippen LogP contribution in [0.1, 0.15) is 34.5 Å². The van der Waals surface area contributed by atoms with Crippen LogP contribution in [0.5, 0.6) is 0 Å². The van der Waals surface area contributed by atoms with Crippen LogP contribution in [0, 0.1) is 11.7 Å². The molecule has 4 rings (SSSR count). The van der Waals surface area contributed by atoms with Gasteiger partial charge in [-0.05, 0) is 74.0 Å². The largest absolute Gasteiger partial charge is 0.383 e. The van der Waals surface area contributed by atoms with Gasteiger partial charge < -0.3 is 15.4 Å². The van der Waals surface area contributed by atoms with E-state index in [0.717, 1.165) is 61.8 Å². The van der Waals surface area contributed by atoms with Crippen molar-refractivity contribution < 1.29 is 13.9 Å². The van der Waals surface area contributed by atoms with Crippen LogP contribution in [-0.4, -0.2) is 53.9 Å². The molecule has 32 heavy (non-hydrogen) atoms. The van der Waals surface area contributed by atoms with Crippen molar-refractivity contribution in [3.63, 3.8) is 0 Å². The van der Waals surface area contributed by atoms with E-state index in [1.165, 1.54) is 17.7 Å². The second-order valence-electron chi connectivity index (χ2n) is 8.61. The monoisotopic (exact) mass is 438 g/mol. The van der Waals surface area contributed by atoms with E-state index in [2.05, 4.69) is 16.1 Å². The van der Waals surface area contributed by atoms with Gasteiger partial charge in [0.1, 0.15) is 11.5 Å². The number of hydrogen-bond donors (Lipinski definition) is 1. The van der Waals surface area contributed by atoms with Crippen molar-refractivity contribution in [3.05, 3.63) is 65.1 Å². The van der Waals surface area contributed by atoms with Gasteiger partial charge in [-0.25, -0.2) is 4.39 Å². The van der Waals surface area contributed by atoms with Crippen molar-refractivity contribution >= 4 is 16.8 Å². The smallest absolute Gasteiger partial charge is 0.267 e. The van der Waals surface area contributed by atoms with Gasteiger partial charge in [-0.2, -0.15) is 5.10 Å². The van der Waals surface area contributed by atoms with Gasteiger partial charge in [-0.15, -0.1) is 0 Å². The summed E-state index contributed by atoms with van der Waals surface area (Å²) in [7, 11) is 1.63. The third-order valence-electron chi connectivity index (χ3n) is 6.44. The van der Waals surface area contributed by atoms with Crippen LogP contribution in [0.3, 0.4) is 0 Å². The number of piperidine rings is 1. The number of ether oxygens (including phenoxy) is 1. The van der Waals surface area contributed by atoms with Gasteiger partial charge in [0, 0.05) is 19.0 Å². The summed E-state index contributed by atoms with van der Waals surface area (Å²) < 4.78 is 19.9. The van der Waals surface area contributed by atoms with E-state index in [9.17, 15) is 9.18 Å². The number of carbonyl (C=O) groups is 1. The number of hydrogen-bond acceptors (Lipinski definition) is 4. The van der Waals surface area contributed by atoms with Gasteiger partial charge in [-0.1, -0.05) is 24.3 Å². The Morgan fingerprint density at radius 1 is 1.16 bits per heavy atom. The fourth-order valence-electron chi connectivity index (χ4n) is 4.68. The topological polar surface area (TPSA) is 73.4 Å². The van der Waals surface area contributed by atoms with E-state index in [-0.39, 0.29) is 5.82 Å². The molecule has 0 bridgehead atoms. The van der Waals surface area contributed by atoms with E-state index in [1.54, 1.807) is 11.8 Å².